The van der Waals surface area contributed by atoms with Crippen LogP contribution < -0.4 is 9.47 Å². The molecule has 34 heavy (non-hydrogen) atoms. The van der Waals surface area contributed by atoms with Gasteiger partial charge in [0.25, 0.3) is 0 Å². The summed E-state index contributed by atoms with van der Waals surface area (Å²) in [5.41, 5.74) is 2.43. The van der Waals surface area contributed by atoms with Gasteiger partial charge in [-0.2, -0.15) is 0 Å². The molecule has 2 aromatic carbocycles. The maximum atomic E-state index is 14.1. The molecule has 1 spiro atoms. The van der Waals surface area contributed by atoms with E-state index >= 15 is 0 Å². The van der Waals surface area contributed by atoms with Gasteiger partial charge < -0.3 is 28.5 Å². The van der Waals surface area contributed by atoms with Crippen molar-refractivity contribution in [2.24, 2.45) is 5.16 Å². The van der Waals surface area contributed by atoms with Gasteiger partial charge >= 0.3 is 0 Å². The second-order valence-electron chi connectivity index (χ2n) is 8.39. The van der Waals surface area contributed by atoms with Gasteiger partial charge in [-0.25, -0.2) is 9.37 Å². The monoisotopic (exact) mass is 462 g/mol. The smallest absolute Gasteiger partial charge is 0.244 e. The molecule has 0 radical (unpaired) electrons. The molecule has 1 saturated heterocycles. The second kappa shape index (κ2) is 7.79. The molecule has 1 aromatic heterocycles. The van der Waals surface area contributed by atoms with Crippen LogP contribution >= 0.6 is 0 Å². The summed E-state index contributed by atoms with van der Waals surface area (Å²) in [7, 11) is 1.64. The van der Waals surface area contributed by atoms with E-state index < -0.39 is 5.72 Å². The third-order valence-corrected chi connectivity index (χ3v) is 6.32. The highest BCUT2D eigenvalue weighted by Gasteiger charge is 2.53. The lowest BCUT2D eigenvalue weighted by Gasteiger charge is -2.42. The Morgan fingerprint density at radius 1 is 1.15 bits per heavy atom. The Morgan fingerprint density at radius 3 is 2.88 bits per heavy atom. The molecular formula is C25H23FN4O4. The number of hydrogen-bond donors (Lipinski definition) is 0. The Kier molecular flexibility index (Phi) is 4.72. The number of benzene rings is 2. The Morgan fingerprint density at radius 2 is 2.06 bits per heavy atom. The number of methoxy groups -OCH3 is 1. The Balaban J connectivity index is 1.34. The van der Waals surface area contributed by atoms with E-state index in [1.807, 2.05) is 46.9 Å². The molecule has 3 aromatic rings. The minimum absolute atomic E-state index is 0.343. The lowest BCUT2D eigenvalue weighted by Crippen LogP contribution is -2.52. The molecule has 0 saturated carbocycles. The summed E-state index contributed by atoms with van der Waals surface area (Å²) in [5.74, 6) is 2.13. The number of halogens is 1. The normalized spacial score (nSPS) is 21.9. The van der Waals surface area contributed by atoms with Crippen LogP contribution in [0.5, 0.6) is 11.5 Å². The summed E-state index contributed by atoms with van der Waals surface area (Å²) in [5, 5.41) is 4.38. The quantitative estimate of drug-likeness (QED) is 0.587. The van der Waals surface area contributed by atoms with Crippen LogP contribution in [0.15, 0.2) is 59.8 Å². The standard InChI is InChI=1S/C25H23FN4O4/c1-16-14-29(15-27-16)20-5-3-17(11-22(20)31-2)12-23-24-28-34-25(30(24)8-10-33-23)7-9-32-21-6-4-18(26)13-19(21)25/h3-6,11-15H,7-10H2,1-2H3/b23-12-/t25-/m0/s1. The van der Waals surface area contributed by atoms with Crippen LogP contribution in [0.2, 0.25) is 0 Å². The largest absolute Gasteiger partial charge is 0.495 e. The molecule has 174 valence electrons. The Bertz CT molecular complexity index is 1330. The van der Waals surface area contributed by atoms with Crippen LogP contribution in [-0.4, -0.2) is 47.2 Å². The Hall–Kier alpha value is -4.01. The molecule has 9 heteroatoms. The van der Waals surface area contributed by atoms with Crippen molar-refractivity contribution < 1.29 is 23.4 Å². The number of aryl methyl sites for hydroxylation is 1. The molecule has 0 N–H and O–H groups in total. The van der Waals surface area contributed by atoms with Gasteiger partial charge in [0.2, 0.25) is 11.6 Å². The van der Waals surface area contributed by atoms with E-state index in [0.29, 0.717) is 54.8 Å². The van der Waals surface area contributed by atoms with Crippen molar-refractivity contribution >= 4 is 11.9 Å². The van der Waals surface area contributed by atoms with Crippen molar-refractivity contribution in [3.8, 4) is 17.2 Å². The van der Waals surface area contributed by atoms with Gasteiger partial charge in [-0.1, -0.05) is 11.2 Å². The fourth-order valence-corrected chi connectivity index (χ4v) is 4.71. The van der Waals surface area contributed by atoms with E-state index in [1.54, 1.807) is 19.5 Å². The Labute approximate surface area is 195 Å². The molecule has 1 fully saturated rings. The van der Waals surface area contributed by atoms with Crippen LogP contribution in [0.25, 0.3) is 11.8 Å². The highest BCUT2D eigenvalue weighted by molar-refractivity contribution is 6.01. The number of imidazole rings is 1. The molecule has 0 amide bonds. The average Bonchev–Trinajstić information content (AvgIpc) is 3.45. The zero-order valence-corrected chi connectivity index (χ0v) is 18.8. The molecule has 0 aliphatic carbocycles. The highest BCUT2D eigenvalue weighted by Crippen LogP contribution is 2.47. The zero-order valence-electron chi connectivity index (χ0n) is 18.8. The molecule has 4 heterocycles. The maximum absolute atomic E-state index is 14.1. The van der Waals surface area contributed by atoms with Gasteiger partial charge in [-0.3, -0.25) is 0 Å². The second-order valence-corrected chi connectivity index (χ2v) is 8.39. The topological polar surface area (TPSA) is 70.3 Å². The average molecular weight is 462 g/mol. The first-order valence-electron chi connectivity index (χ1n) is 11.1. The van der Waals surface area contributed by atoms with Crippen LogP contribution in [0.4, 0.5) is 4.39 Å². The van der Waals surface area contributed by atoms with E-state index in [0.717, 1.165) is 16.9 Å². The number of aromatic nitrogens is 2. The lowest BCUT2D eigenvalue weighted by molar-refractivity contribution is -0.132. The lowest BCUT2D eigenvalue weighted by atomic mass is 9.93. The van der Waals surface area contributed by atoms with E-state index in [-0.39, 0.29) is 5.82 Å². The predicted molar refractivity (Wildman–Crippen MR) is 122 cm³/mol. The van der Waals surface area contributed by atoms with Crippen molar-refractivity contribution in [2.75, 3.05) is 26.9 Å². The minimum Gasteiger partial charge on any atom is -0.495 e. The third-order valence-electron chi connectivity index (χ3n) is 6.32. The van der Waals surface area contributed by atoms with Crippen LogP contribution in [0.3, 0.4) is 0 Å². The third kappa shape index (κ3) is 3.19. The number of morpholine rings is 1. The molecule has 0 unspecified atom stereocenters. The van der Waals surface area contributed by atoms with E-state index in [2.05, 4.69) is 10.1 Å². The summed E-state index contributed by atoms with van der Waals surface area (Å²) in [6, 6.07) is 10.4. The maximum Gasteiger partial charge on any atom is 0.244 e. The fourth-order valence-electron chi connectivity index (χ4n) is 4.71. The summed E-state index contributed by atoms with van der Waals surface area (Å²) in [6.07, 6.45) is 6.13. The number of rotatable bonds is 3. The molecule has 1 atom stereocenters. The van der Waals surface area contributed by atoms with Crippen molar-refractivity contribution in [3.05, 3.63) is 77.3 Å². The van der Waals surface area contributed by atoms with Gasteiger partial charge in [0.1, 0.15) is 23.9 Å². The first kappa shape index (κ1) is 20.6. The summed E-state index contributed by atoms with van der Waals surface area (Å²) in [6.45, 7) is 3.40. The summed E-state index contributed by atoms with van der Waals surface area (Å²) < 4.78 is 33.4. The number of nitrogens with zero attached hydrogens (tertiary/aromatic N) is 4. The number of amidine groups is 1. The van der Waals surface area contributed by atoms with Gasteiger partial charge in [-0.15, -0.1) is 0 Å². The van der Waals surface area contributed by atoms with Gasteiger partial charge in [0.15, 0.2) is 5.76 Å². The van der Waals surface area contributed by atoms with Gasteiger partial charge in [0.05, 0.1) is 43.5 Å². The van der Waals surface area contributed by atoms with E-state index in [9.17, 15) is 4.39 Å². The van der Waals surface area contributed by atoms with Crippen molar-refractivity contribution in [1.29, 1.82) is 0 Å². The van der Waals surface area contributed by atoms with Gasteiger partial charge in [0, 0.05) is 12.6 Å². The summed E-state index contributed by atoms with van der Waals surface area (Å²) >= 11 is 0. The van der Waals surface area contributed by atoms with Crippen molar-refractivity contribution in [2.45, 2.75) is 19.1 Å². The molecule has 8 nitrogen and oxygen atoms in total. The number of ether oxygens (including phenoxy) is 3. The highest BCUT2D eigenvalue weighted by atomic mass is 19.1. The van der Waals surface area contributed by atoms with Gasteiger partial charge in [-0.05, 0) is 48.9 Å². The first-order chi connectivity index (χ1) is 16.6. The van der Waals surface area contributed by atoms with Crippen LogP contribution in [0, 0.1) is 12.7 Å². The summed E-state index contributed by atoms with van der Waals surface area (Å²) in [4.78, 5) is 12.3. The van der Waals surface area contributed by atoms with Crippen LogP contribution in [0.1, 0.15) is 23.2 Å². The predicted octanol–water partition coefficient (Wildman–Crippen LogP) is 3.98. The number of hydrogen-bond acceptors (Lipinski definition) is 7. The SMILES string of the molecule is COc1cc(/C=C2\OCCN3C2=NO[C@]32CCOc3ccc(F)cc32)ccc1-n1cnc(C)c1. The molecule has 3 aliphatic heterocycles. The van der Waals surface area contributed by atoms with Crippen LogP contribution in [-0.2, 0) is 15.3 Å². The first-order valence-corrected chi connectivity index (χ1v) is 11.1. The number of oxime groups is 1. The fraction of sp³-hybridized carbons (Fsp3) is 0.280. The zero-order chi connectivity index (χ0) is 23.3. The van der Waals surface area contributed by atoms with E-state index in [4.69, 9.17) is 19.0 Å². The minimum atomic E-state index is -0.908. The molecule has 6 rings (SSSR count). The van der Waals surface area contributed by atoms with E-state index in [1.165, 1.54) is 12.1 Å². The molecule has 0 bridgehead atoms. The molecular weight excluding hydrogens is 439 g/mol. The van der Waals surface area contributed by atoms with Crippen molar-refractivity contribution in [3.63, 3.8) is 0 Å². The molecule has 3 aliphatic rings. The number of fused-ring (bicyclic) bond motifs is 4. The van der Waals surface area contributed by atoms with Crippen molar-refractivity contribution in [1.82, 2.24) is 14.5 Å².